The number of hydrogen-bond acceptors (Lipinski definition) is 2. The van der Waals surface area contributed by atoms with Gasteiger partial charge >= 0.3 is 6.18 Å². The summed E-state index contributed by atoms with van der Waals surface area (Å²) in [6.07, 6.45) is -3.89. The Hall–Kier alpha value is -1.56. The zero-order valence-corrected chi connectivity index (χ0v) is 13.0. The average Bonchev–Trinajstić information content (AvgIpc) is 3.14. The molecule has 1 fully saturated rings. The van der Waals surface area contributed by atoms with Crippen molar-refractivity contribution in [2.24, 2.45) is 5.41 Å². The SMILES string of the molecule is Cc1cccc(C)c1NC(=O)CN(C)CC1(C(F)(F)F)CC1. The van der Waals surface area contributed by atoms with Gasteiger partial charge in [-0.25, -0.2) is 0 Å². The molecule has 1 aromatic rings. The predicted octanol–water partition coefficient (Wildman–Crippen LogP) is 3.52. The summed E-state index contributed by atoms with van der Waals surface area (Å²) in [7, 11) is 1.55. The van der Waals surface area contributed by atoms with E-state index in [4.69, 9.17) is 0 Å². The summed E-state index contributed by atoms with van der Waals surface area (Å²) >= 11 is 0. The van der Waals surface area contributed by atoms with Crippen LogP contribution in [-0.4, -0.2) is 37.1 Å². The third-order valence-corrected chi connectivity index (χ3v) is 4.19. The molecule has 0 heterocycles. The van der Waals surface area contributed by atoms with Gasteiger partial charge in [-0.3, -0.25) is 9.69 Å². The van der Waals surface area contributed by atoms with Crippen LogP contribution in [0.5, 0.6) is 0 Å². The molecule has 22 heavy (non-hydrogen) atoms. The highest BCUT2D eigenvalue weighted by atomic mass is 19.4. The number of nitrogens with one attached hydrogen (secondary N) is 1. The molecule has 1 aliphatic carbocycles. The van der Waals surface area contributed by atoms with Crippen molar-refractivity contribution in [1.29, 1.82) is 0 Å². The van der Waals surface area contributed by atoms with Crippen molar-refractivity contribution in [3.8, 4) is 0 Å². The molecule has 0 bridgehead atoms. The number of benzene rings is 1. The standard InChI is InChI=1S/C16H21F3N2O/c1-11-5-4-6-12(2)14(11)20-13(22)9-21(3)10-15(7-8-15)16(17,18)19/h4-6H,7-10H2,1-3H3,(H,20,22). The monoisotopic (exact) mass is 314 g/mol. The molecule has 1 aromatic carbocycles. The molecule has 1 saturated carbocycles. The number of nitrogens with zero attached hydrogens (tertiary/aromatic N) is 1. The lowest BCUT2D eigenvalue weighted by molar-refractivity contribution is -0.191. The fraction of sp³-hybridized carbons (Fsp3) is 0.562. The number of aryl methyl sites for hydroxylation is 2. The van der Waals surface area contributed by atoms with Crippen LogP contribution in [0, 0.1) is 19.3 Å². The second-order valence-electron chi connectivity index (χ2n) is 6.27. The van der Waals surface area contributed by atoms with Gasteiger partial charge in [0.25, 0.3) is 0 Å². The normalized spacial score (nSPS) is 16.7. The first kappa shape index (κ1) is 16.8. The number of anilines is 1. The third kappa shape index (κ3) is 3.61. The molecule has 0 atom stereocenters. The summed E-state index contributed by atoms with van der Waals surface area (Å²) in [5.74, 6) is -0.294. The van der Waals surface area contributed by atoms with E-state index in [9.17, 15) is 18.0 Å². The zero-order valence-electron chi connectivity index (χ0n) is 13.0. The van der Waals surface area contributed by atoms with Crippen LogP contribution < -0.4 is 5.32 Å². The Bertz CT molecular complexity index is 545. The van der Waals surface area contributed by atoms with Crippen LogP contribution in [0.15, 0.2) is 18.2 Å². The molecule has 3 nitrogen and oxygen atoms in total. The highest BCUT2D eigenvalue weighted by Gasteiger charge is 2.63. The van der Waals surface area contributed by atoms with Crippen molar-refractivity contribution in [2.45, 2.75) is 32.9 Å². The number of carbonyl (C=O) groups is 1. The zero-order chi connectivity index (χ0) is 16.5. The molecule has 122 valence electrons. The van der Waals surface area contributed by atoms with Gasteiger partial charge in [0.1, 0.15) is 0 Å². The van der Waals surface area contributed by atoms with Gasteiger partial charge in [-0.2, -0.15) is 13.2 Å². The molecular weight excluding hydrogens is 293 g/mol. The predicted molar refractivity (Wildman–Crippen MR) is 79.8 cm³/mol. The highest BCUT2D eigenvalue weighted by molar-refractivity contribution is 5.93. The van der Waals surface area contributed by atoms with Gasteiger partial charge < -0.3 is 5.32 Å². The summed E-state index contributed by atoms with van der Waals surface area (Å²) < 4.78 is 38.8. The molecule has 2 rings (SSSR count). The van der Waals surface area contributed by atoms with E-state index in [1.165, 1.54) is 4.90 Å². The van der Waals surface area contributed by atoms with Crippen molar-refractivity contribution in [1.82, 2.24) is 4.90 Å². The fourth-order valence-corrected chi connectivity index (χ4v) is 2.69. The van der Waals surface area contributed by atoms with Gasteiger partial charge in [0.15, 0.2) is 0 Å². The first-order valence-corrected chi connectivity index (χ1v) is 7.26. The fourth-order valence-electron chi connectivity index (χ4n) is 2.69. The van der Waals surface area contributed by atoms with E-state index < -0.39 is 11.6 Å². The molecule has 0 radical (unpaired) electrons. The van der Waals surface area contributed by atoms with Crippen molar-refractivity contribution in [3.05, 3.63) is 29.3 Å². The number of likely N-dealkylation sites (N-methyl/N-ethyl adjacent to an activating group) is 1. The maximum absolute atomic E-state index is 12.9. The van der Waals surface area contributed by atoms with E-state index in [0.29, 0.717) is 0 Å². The van der Waals surface area contributed by atoms with Crippen LogP contribution in [0.25, 0.3) is 0 Å². The molecule has 1 aliphatic rings. The van der Waals surface area contributed by atoms with Crippen LogP contribution in [0.4, 0.5) is 18.9 Å². The van der Waals surface area contributed by atoms with Crippen molar-refractivity contribution >= 4 is 11.6 Å². The molecule has 6 heteroatoms. The first-order chi connectivity index (χ1) is 10.1. The van der Waals surface area contributed by atoms with E-state index in [0.717, 1.165) is 16.8 Å². The number of amides is 1. The molecule has 0 spiro atoms. The Balaban J connectivity index is 1.93. The second-order valence-corrected chi connectivity index (χ2v) is 6.27. The third-order valence-electron chi connectivity index (χ3n) is 4.19. The smallest absolute Gasteiger partial charge is 0.324 e. The van der Waals surface area contributed by atoms with Crippen LogP contribution in [0.3, 0.4) is 0 Å². The lowest BCUT2D eigenvalue weighted by atomic mass is 10.1. The van der Waals surface area contributed by atoms with E-state index >= 15 is 0 Å². The Morgan fingerprint density at radius 1 is 1.27 bits per heavy atom. The maximum atomic E-state index is 12.9. The quantitative estimate of drug-likeness (QED) is 0.902. The largest absolute Gasteiger partial charge is 0.395 e. The number of rotatable bonds is 5. The van der Waals surface area contributed by atoms with E-state index in [-0.39, 0.29) is 31.8 Å². The Morgan fingerprint density at radius 2 is 1.82 bits per heavy atom. The van der Waals surface area contributed by atoms with Crippen LogP contribution in [0.1, 0.15) is 24.0 Å². The minimum atomic E-state index is -4.19. The Morgan fingerprint density at radius 3 is 2.27 bits per heavy atom. The molecule has 0 unspecified atom stereocenters. The lowest BCUT2D eigenvalue weighted by Crippen LogP contribution is -2.40. The Kier molecular flexibility index (Phi) is 4.52. The van der Waals surface area contributed by atoms with E-state index in [2.05, 4.69) is 5.32 Å². The minimum Gasteiger partial charge on any atom is -0.324 e. The summed E-state index contributed by atoms with van der Waals surface area (Å²) in [5, 5.41) is 2.79. The number of hydrogen-bond donors (Lipinski definition) is 1. The first-order valence-electron chi connectivity index (χ1n) is 7.26. The van der Waals surface area contributed by atoms with Crippen molar-refractivity contribution < 1.29 is 18.0 Å². The molecular formula is C16H21F3N2O. The van der Waals surface area contributed by atoms with Crippen molar-refractivity contribution in [3.63, 3.8) is 0 Å². The summed E-state index contributed by atoms with van der Waals surface area (Å²) in [4.78, 5) is 13.5. The van der Waals surface area contributed by atoms with Crippen molar-refractivity contribution in [2.75, 3.05) is 25.5 Å². The maximum Gasteiger partial charge on any atom is 0.395 e. The molecule has 0 aromatic heterocycles. The average molecular weight is 314 g/mol. The molecule has 1 amide bonds. The van der Waals surface area contributed by atoms with E-state index in [1.807, 2.05) is 32.0 Å². The number of carbonyl (C=O) groups excluding carboxylic acids is 1. The molecule has 1 N–H and O–H groups in total. The second kappa shape index (κ2) is 5.91. The van der Waals surface area contributed by atoms with Gasteiger partial charge in [0.05, 0.1) is 12.0 Å². The van der Waals surface area contributed by atoms with Gasteiger partial charge in [-0.15, -0.1) is 0 Å². The van der Waals surface area contributed by atoms with Crippen LogP contribution >= 0.6 is 0 Å². The van der Waals surface area contributed by atoms with Gasteiger partial charge in [-0.05, 0) is 44.9 Å². The number of para-hydroxylation sites is 1. The number of halogens is 3. The van der Waals surface area contributed by atoms with Gasteiger partial charge in [0.2, 0.25) is 5.91 Å². The minimum absolute atomic E-state index is 0.0500. The summed E-state index contributed by atoms with van der Waals surface area (Å²) in [6, 6.07) is 5.66. The summed E-state index contributed by atoms with van der Waals surface area (Å²) in [6.45, 7) is 3.59. The topological polar surface area (TPSA) is 32.3 Å². The molecule has 0 saturated heterocycles. The van der Waals surface area contributed by atoms with Gasteiger partial charge in [-0.1, -0.05) is 18.2 Å². The highest BCUT2D eigenvalue weighted by Crippen LogP contribution is 2.57. The lowest BCUT2D eigenvalue weighted by Gasteiger charge is -2.25. The molecule has 0 aliphatic heterocycles. The number of alkyl halides is 3. The Labute approximate surface area is 128 Å². The van der Waals surface area contributed by atoms with E-state index in [1.54, 1.807) is 7.05 Å². The van der Waals surface area contributed by atoms with Gasteiger partial charge in [0, 0.05) is 12.2 Å². The van der Waals surface area contributed by atoms with Crippen LogP contribution in [0.2, 0.25) is 0 Å². The van der Waals surface area contributed by atoms with Crippen LogP contribution in [-0.2, 0) is 4.79 Å². The summed E-state index contributed by atoms with van der Waals surface area (Å²) in [5.41, 5.74) is 0.994.